The van der Waals surface area contributed by atoms with Gasteiger partial charge in [-0.05, 0) is 37.0 Å². The van der Waals surface area contributed by atoms with E-state index >= 15 is 0 Å². The number of anilines is 1. The molecule has 7 heteroatoms. The molecule has 0 bridgehead atoms. The zero-order valence-electron chi connectivity index (χ0n) is 11.9. The summed E-state index contributed by atoms with van der Waals surface area (Å²) in [6.07, 6.45) is -3.19. The Morgan fingerprint density at radius 1 is 1.41 bits per heavy atom. The Balaban J connectivity index is 1.91. The Morgan fingerprint density at radius 2 is 2.14 bits per heavy atom. The molecule has 0 radical (unpaired) electrons. The molecule has 1 aliphatic rings. The van der Waals surface area contributed by atoms with Crippen LogP contribution in [-0.2, 0) is 10.9 Å². The van der Waals surface area contributed by atoms with Crippen molar-refractivity contribution in [3.63, 3.8) is 0 Å². The van der Waals surface area contributed by atoms with E-state index in [1.54, 1.807) is 6.07 Å². The van der Waals surface area contributed by atoms with E-state index in [1.807, 2.05) is 0 Å². The molecule has 4 nitrogen and oxygen atoms in total. The number of benzene rings is 1. The molecule has 0 unspecified atom stereocenters. The number of rotatable bonds is 7. The number of aliphatic hydroxyl groups is 1. The molecule has 22 heavy (non-hydrogen) atoms. The number of hydrogen-bond acceptors (Lipinski definition) is 4. The summed E-state index contributed by atoms with van der Waals surface area (Å²) in [6, 6.07) is 4.96. The third-order valence-corrected chi connectivity index (χ3v) is 3.34. The Kier molecular flexibility index (Phi) is 5.27. The highest BCUT2D eigenvalue weighted by Gasteiger charge is 2.34. The summed E-state index contributed by atoms with van der Waals surface area (Å²) in [5, 5.41) is 21.0. The number of ether oxygens (including phenoxy) is 1. The highest BCUT2D eigenvalue weighted by molar-refractivity contribution is 5.56. The van der Waals surface area contributed by atoms with Gasteiger partial charge in [0.05, 0.1) is 29.9 Å². The van der Waals surface area contributed by atoms with Crippen LogP contribution >= 0.6 is 0 Å². The van der Waals surface area contributed by atoms with Crippen LogP contribution < -0.4 is 5.32 Å². The van der Waals surface area contributed by atoms with Crippen LogP contribution in [0.3, 0.4) is 0 Å². The lowest BCUT2D eigenvalue weighted by molar-refractivity contribution is -0.137. The average Bonchev–Trinajstić information content (AvgIpc) is 3.28. The van der Waals surface area contributed by atoms with Gasteiger partial charge in [0.2, 0.25) is 0 Å². The molecule has 0 aliphatic heterocycles. The molecule has 0 amide bonds. The van der Waals surface area contributed by atoms with Crippen LogP contribution in [0.4, 0.5) is 18.9 Å². The summed E-state index contributed by atoms with van der Waals surface area (Å²) in [6.45, 7) is 0.614. The molecule has 2 rings (SSSR count). The van der Waals surface area contributed by atoms with Crippen molar-refractivity contribution in [1.82, 2.24) is 0 Å². The first-order valence-corrected chi connectivity index (χ1v) is 7.01. The minimum Gasteiger partial charge on any atom is -0.389 e. The highest BCUT2D eigenvalue weighted by Crippen LogP contribution is 2.35. The fourth-order valence-corrected chi connectivity index (χ4v) is 1.94. The molecule has 0 spiro atoms. The molecule has 0 heterocycles. The molecular weight excluding hydrogens is 297 g/mol. The Hall–Kier alpha value is -1.78. The molecule has 120 valence electrons. The van der Waals surface area contributed by atoms with Crippen LogP contribution in [0.2, 0.25) is 0 Å². The van der Waals surface area contributed by atoms with E-state index in [-0.39, 0.29) is 24.4 Å². The smallest absolute Gasteiger partial charge is 0.389 e. The van der Waals surface area contributed by atoms with Crippen LogP contribution in [-0.4, -0.2) is 31.0 Å². The van der Waals surface area contributed by atoms with Gasteiger partial charge in [-0.1, -0.05) is 0 Å². The van der Waals surface area contributed by atoms with Gasteiger partial charge < -0.3 is 15.2 Å². The maximum atomic E-state index is 13.0. The van der Waals surface area contributed by atoms with Gasteiger partial charge in [0, 0.05) is 18.8 Å². The first-order chi connectivity index (χ1) is 10.4. The van der Waals surface area contributed by atoms with E-state index in [4.69, 9.17) is 10.00 Å². The second kappa shape index (κ2) is 6.99. The summed E-state index contributed by atoms with van der Waals surface area (Å²) in [5.41, 5.74) is -1.14. The highest BCUT2D eigenvalue weighted by atomic mass is 19.4. The standard InChI is InChI=1S/C15H17F3N2O2/c16-15(17,18)13-5-11(6-19)3-4-14(13)20-7-12(21)9-22-8-10-1-2-10/h3-5,10,12,20-21H,1-2,7-9H2/t12-/m0/s1. The van der Waals surface area contributed by atoms with E-state index in [2.05, 4.69) is 5.32 Å². The SMILES string of the molecule is N#Cc1ccc(NC[C@H](O)COCC2CC2)c(C(F)(F)F)c1. The summed E-state index contributed by atoms with van der Waals surface area (Å²) in [4.78, 5) is 0. The van der Waals surface area contributed by atoms with Crippen LogP contribution in [0.5, 0.6) is 0 Å². The van der Waals surface area contributed by atoms with E-state index in [0.29, 0.717) is 12.5 Å². The van der Waals surface area contributed by atoms with Gasteiger partial charge in [-0.2, -0.15) is 18.4 Å². The van der Waals surface area contributed by atoms with E-state index in [9.17, 15) is 18.3 Å². The fraction of sp³-hybridized carbons (Fsp3) is 0.533. The minimum absolute atomic E-state index is 0.0559. The van der Waals surface area contributed by atoms with Crippen molar-refractivity contribution in [2.24, 2.45) is 5.92 Å². The fourth-order valence-electron chi connectivity index (χ4n) is 1.94. The Morgan fingerprint density at radius 3 is 2.73 bits per heavy atom. The third-order valence-electron chi connectivity index (χ3n) is 3.34. The lowest BCUT2D eigenvalue weighted by Gasteiger charge is -2.17. The number of nitriles is 1. The first kappa shape index (κ1) is 16.6. The normalized spacial score (nSPS) is 16.1. The van der Waals surface area contributed by atoms with Crippen molar-refractivity contribution in [3.8, 4) is 6.07 Å². The molecule has 2 N–H and O–H groups in total. The second-order valence-corrected chi connectivity index (χ2v) is 5.39. The van der Waals surface area contributed by atoms with E-state index in [0.717, 1.165) is 18.9 Å². The van der Waals surface area contributed by atoms with Gasteiger partial charge in [-0.15, -0.1) is 0 Å². The van der Waals surface area contributed by atoms with E-state index < -0.39 is 17.8 Å². The van der Waals surface area contributed by atoms with E-state index in [1.165, 1.54) is 12.1 Å². The molecule has 0 aromatic heterocycles. The molecule has 1 aromatic rings. The van der Waals surface area contributed by atoms with Crippen molar-refractivity contribution < 1.29 is 23.0 Å². The molecule has 1 saturated carbocycles. The number of halogens is 3. The summed E-state index contributed by atoms with van der Waals surface area (Å²) in [7, 11) is 0. The number of nitrogens with one attached hydrogen (secondary N) is 1. The van der Waals surface area contributed by atoms with Crippen molar-refractivity contribution in [2.45, 2.75) is 25.1 Å². The largest absolute Gasteiger partial charge is 0.418 e. The number of hydrogen-bond donors (Lipinski definition) is 2. The summed E-state index contributed by atoms with van der Waals surface area (Å²) in [5.74, 6) is 0.565. The first-order valence-electron chi connectivity index (χ1n) is 7.01. The molecule has 1 aliphatic carbocycles. The predicted molar refractivity (Wildman–Crippen MR) is 74.2 cm³/mol. The Bertz CT molecular complexity index is 551. The number of aliphatic hydroxyl groups excluding tert-OH is 1. The molecule has 1 atom stereocenters. The molecular formula is C15H17F3N2O2. The van der Waals surface area contributed by atoms with Crippen LogP contribution in [0, 0.1) is 17.2 Å². The van der Waals surface area contributed by atoms with Gasteiger partial charge in [-0.25, -0.2) is 0 Å². The van der Waals surface area contributed by atoms with Crippen LogP contribution in [0.1, 0.15) is 24.0 Å². The minimum atomic E-state index is -4.57. The van der Waals surface area contributed by atoms with Gasteiger partial charge in [0.25, 0.3) is 0 Å². The second-order valence-electron chi connectivity index (χ2n) is 5.39. The van der Waals surface area contributed by atoms with Crippen molar-refractivity contribution in [1.29, 1.82) is 5.26 Å². The van der Waals surface area contributed by atoms with Crippen LogP contribution in [0.25, 0.3) is 0 Å². The van der Waals surface area contributed by atoms with Gasteiger partial charge >= 0.3 is 6.18 Å². The van der Waals surface area contributed by atoms with Gasteiger partial charge in [-0.3, -0.25) is 0 Å². The molecule has 1 aromatic carbocycles. The lowest BCUT2D eigenvalue weighted by Crippen LogP contribution is -2.26. The average molecular weight is 314 g/mol. The maximum absolute atomic E-state index is 13.0. The van der Waals surface area contributed by atoms with Crippen LogP contribution in [0.15, 0.2) is 18.2 Å². The van der Waals surface area contributed by atoms with Crippen molar-refractivity contribution in [3.05, 3.63) is 29.3 Å². The predicted octanol–water partition coefficient (Wildman–Crippen LogP) is 2.78. The molecule has 0 saturated heterocycles. The Labute approximate surface area is 126 Å². The van der Waals surface area contributed by atoms with Gasteiger partial charge in [0.1, 0.15) is 0 Å². The monoisotopic (exact) mass is 314 g/mol. The van der Waals surface area contributed by atoms with Gasteiger partial charge in [0.15, 0.2) is 0 Å². The summed E-state index contributed by atoms with van der Waals surface area (Å²) < 4.78 is 44.1. The zero-order valence-corrected chi connectivity index (χ0v) is 11.9. The van der Waals surface area contributed by atoms with Crippen molar-refractivity contribution in [2.75, 3.05) is 25.1 Å². The zero-order chi connectivity index (χ0) is 16.2. The molecule has 1 fully saturated rings. The third kappa shape index (κ3) is 4.90. The quantitative estimate of drug-likeness (QED) is 0.812. The lowest BCUT2D eigenvalue weighted by atomic mass is 10.1. The number of nitrogens with zero attached hydrogens (tertiary/aromatic N) is 1. The maximum Gasteiger partial charge on any atom is 0.418 e. The van der Waals surface area contributed by atoms with Crippen molar-refractivity contribution >= 4 is 5.69 Å². The summed E-state index contributed by atoms with van der Waals surface area (Å²) >= 11 is 0. The number of alkyl halides is 3. The topological polar surface area (TPSA) is 65.3 Å².